The Labute approximate surface area is 121 Å². The van der Waals surface area contributed by atoms with E-state index in [0.29, 0.717) is 11.3 Å². The van der Waals surface area contributed by atoms with E-state index in [2.05, 4.69) is 11.9 Å². The van der Waals surface area contributed by atoms with Crippen LogP contribution in [-0.2, 0) is 9.59 Å². The Morgan fingerprint density at radius 1 is 1.40 bits per heavy atom. The molecule has 1 aromatic carbocycles. The van der Waals surface area contributed by atoms with E-state index in [1.165, 1.54) is 11.0 Å². The number of nitrogen functional groups attached to an aromatic ring is 1. The number of carbonyl (C=O) groups is 2. The van der Waals surface area contributed by atoms with Crippen LogP contribution in [0.3, 0.4) is 0 Å². The summed E-state index contributed by atoms with van der Waals surface area (Å²) in [5, 5.41) is 2.57. The molecule has 0 bridgehead atoms. The van der Waals surface area contributed by atoms with Gasteiger partial charge in [0, 0.05) is 12.2 Å². The number of carbonyl (C=O) groups excluding carboxylic acids is 2. The minimum atomic E-state index is -0.511. The van der Waals surface area contributed by atoms with Crippen molar-refractivity contribution in [3.8, 4) is 0 Å². The van der Waals surface area contributed by atoms with E-state index < -0.39 is 11.8 Å². The molecule has 2 amide bonds. The van der Waals surface area contributed by atoms with Crippen molar-refractivity contribution in [1.82, 2.24) is 10.2 Å². The van der Waals surface area contributed by atoms with Crippen molar-refractivity contribution < 1.29 is 9.59 Å². The lowest BCUT2D eigenvalue weighted by atomic mass is 10.1. The zero-order valence-electron chi connectivity index (χ0n) is 10.6. The van der Waals surface area contributed by atoms with Crippen LogP contribution in [0.25, 0.3) is 6.08 Å². The Hall–Kier alpha value is -2.47. The SMILES string of the molecule is C=CCN1C(=O)C(=Cc2cccc(N)c2)C(=O)NC1=S. The summed E-state index contributed by atoms with van der Waals surface area (Å²) in [4.78, 5) is 25.4. The molecule has 0 aromatic heterocycles. The topological polar surface area (TPSA) is 75.4 Å². The van der Waals surface area contributed by atoms with E-state index in [9.17, 15) is 9.59 Å². The van der Waals surface area contributed by atoms with Gasteiger partial charge in [-0.15, -0.1) is 6.58 Å². The first-order valence-electron chi connectivity index (χ1n) is 5.88. The van der Waals surface area contributed by atoms with Gasteiger partial charge in [0.05, 0.1) is 0 Å². The molecule has 0 radical (unpaired) electrons. The molecule has 1 aromatic rings. The molecule has 0 aliphatic carbocycles. The predicted molar refractivity (Wildman–Crippen MR) is 81.5 cm³/mol. The molecule has 20 heavy (non-hydrogen) atoms. The highest BCUT2D eigenvalue weighted by atomic mass is 32.1. The Bertz CT molecular complexity index is 637. The van der Waals surface area contributed by atoms with E-state index in [-0.39, 0.29) is 17.2 Å². The molecule has 1 aliphatic rings. The van der Waals surface area contributed by atoms with E-state index in [1.54, 1.807) is 30.3 Å². The summed E-state index contributed by atoms with van der Waals surface area (Å²) < 4.78 is 0. The van der Waals surface area contributed by atoms with Crippen LogP contribution in [0.1, 0.15) is 5.56 Å². The number of amides is 2. The van der Waals surface area contributed by atoms with Gasteiger partial charge in [-0.05, 0) is 36.0 Å². The lowest BCUT2D eigenvalue weighted by molar-refractivity contribution is -0.128. The summed E-state index contributed by atoms with van der Waals surface area (Å²) >= 11 is 4.96. The normalized spacial score (nSPS) is 17.3. The second-order valence-corrected chi connectivity index (χ2v) is 4.58. The van der Waals surface area contributed by atoms with Crippen LogP contribution in [0, 0.1) is 0 Å². The Morgan fingerprint density at radius 3 is 2.80 bits per heavy atom. The fourth-order valence-electron chi connectivity index (χ4n) is 1.80. The molecule has 0 saturated carbocycles. The summed E-state index contributed by atoms with van der Waals surface area (Å²) in [5.74, 6) is -0.955. The third-order valence-corrected chi connectivity index (χ3v) is 3.04. The third kappa shape index (κ3) is 2.75. The minimum Gasteiger partial charge on any atom is -0.399 e. The maximum atomic E-state index is 12.3. The summed E-state index contributed by atoms with van der Waals surface area (Å²) in [5.41, 5.74) is 6.92. The summed E-state index contributed by atoms with van der Waals surface area (Å²) in [6.45, 7) is 3.80. The van der Waals surface area contributed by atoms with Gasteiger partial charge >= 0.3 is 0 Å². The highest BCUT2D eigenvalue weighted by Gasteiger charge is 2.32. The molecule has 1 saturated heterocycles. The standard InChI is InChI=1S/C14H13N3O2S/c1-2-6-17-13(19)11(12(18)16-14(17)20)8-9-4-3-5-10(15)7-9/h2-5,7-8H,1,6,15H2,(H,16,18,20). The van der Waals surface area contributed by atoms with Crippen LogP contribution in [-0.4, -0.2) is 28.4 Å². The Balaban J connectivity index is 2.38. The molecule has 102 valence electrons. The fourth-order valence-corrected chi connectivity index (χ4v) is 2.05. The molecule has 1 heterocycles. The number of thiocarbonyl (C=S) groups is 1. The van der Waals surface area contributed by atoms with E-state index in [1.807, 2.05) is 0 Å². The van der Waals surface area contributed by atoms with Crippen molar-refractivity contribution in [3.63, 3.8) is 0 Å². The average Bonchev–Trinajstić information content (AvgIpc) is 2.39. The maximum absolute atomic E-state index is 12.3. The number of nitrogens with one attached hydrogen (secondary N) is 1. The molecular formula is C14H13N3O2S. The van der Waals surface area contributed by atoms with Crippen LogP contribution in [0.15, 0.2) is 42.5 Å². The highest BCUT2D eigenvalue weighted by molar-refractivity contribution is 7.80. The van der Waals surface area contributed by atoms with E-state index >= 15 is 0 Å². The minimum absolute atomic E-state index is 0.0195. The molecule has 3 N–H and O–H groups in total. The van der Waals surface area contributed by atoms with Crippen LogP contribution in [0.5, 0.6) is 0 Å². The average molecular weight is 287 g/mol. The number of benzene rings is 1. The maximum Gasteiger partial charge on any atom is 0.265 e. The summed E-state index contributed by atoms with van der Waals surface area (Å²) in [6.07, 6.45) is 3.03. The first kappa shape index (κ1) is 14.0. The van der Waals surface area contributed by atoms with Gasteiger partial charge in [-0.2, -0.15) is 0 Å². The van der Waals surface area contributed by atoms with Crippen molar-refractivity contribution >= 4 is 40.9 Å². The van der Waals surface area contributed by atoms with Crippen molar-refractivity contribution in [3.05, 3.63) is 48.1 Å². The van der Waals surface area contributed by atoms with Crippen molar-refractivity contribution in [2.24, 2.45) is 0 Å². The lowest BCUT2D eigenvalue weighted by Gasteiger charge is -2.27. The number of nitrogens with two attached hydrogens (primary N) is 1. The van der Waals surface area contributed by atoms with Gasteiger partial charge in [0.25, 0.3) is 11.8 Å². The number of hydrogen-bond donors (Lipinski definition) is 2. The third-order valence-electron chi connectivity index (χ3n) is 2.72. The lowest BCUT2D eigenvalue weighted by Crippen LogP contribution is -2.53. The second-order valence-electron chi connectivity index (χ2n) is 4.19. The molecule has 6 heteroatoms. The molecule has 1 aliphatic heterocycles. The molecule has 5 nitrogen and oxygen atoms in total. The quantitative estimate of drug-likeness (QED) is 0.287. The van der Waals surface area contributed by atoms with Crippen molar-refractivity contribution in [2.75, 3.05) is 12.3 Å². The smallest absolute Gasteiger partial charge is 0.265 e. The van der Waals surface area contributed by atoms with Gasteiger partial charge in [-0.3, -0.25) is 19.8 Å². The first-order valence-corrected chi connectivity index (χ1v) is 6.29. The van der Waals surface area contributed by atoms with Gasteiger partial charge < -0.3 is 5.73 Å². The van der Waals surface area contributed by atoms with Gasteiger partial charge in [0.2, 0.25) is 0 Å². The fraction of sp³-hybridized carbons (Fsp3) is 0.0714. The van der Waals surface area contributed by atoms with Gasteiger partial charge in [0.1, 0.15) is 5.57 Å². The zero-order chi connectivity index (χ0) is 14.7. The predicted octanol–water partition coefficient (Wildman–Crippen LogP) is 1.08. The largest absolute Gasteiger partial charge is 0.399 e. The summed E-state index contributed by atoms with van der Waals surface area (Å²) in [6, 6.07) is 6.91. The van der Waals surface area contributed by atoms with Gasteiger partial charge in [-0.1, -0.05) is 18.2 Å². The molecule has 0 spiro atoms. The first-order chi connectivity index (χ1) is 9.52. The molecule has 1 fully saturated rings. The molecule has 2 rings (SSSR count). The van der Waals surface area contributed by atoms with Crippen molar-refractivity contribution in [2.45, 2.75) is 0 Å². The second kappa shape index (κ2) is 5.66. The molecular weight excluding hydrogens is 274 g/mol. The number of nitrogens with zero attached hydrogens (tertiary/aromatic N) is 1. The highest BCUT2D eigenvalue weighted by Crippen LogP contribution is 2.16. The van der Waals surface area contributed by atoms with Crippen LogP contribution < -0.4 is 11.1 Å². The monoisotopic (exact) mass is 287 g/mol. The number of rotatable bonds is 3. The van der Waals surface area contributed by atoms with E-state index in [0.717, 1.165) is 0 Å². The number of anilines is 1. The molecule has 0 atom stereocenters. The Kier molecular flexibility index (Phi) is 3.95. The zero-order valence-corrected chi connectivity index (χ0v) is 11.4. The van der Waals surface area contributed by atoms with Gasteiger partial charge in [0.15, 0.2) is 5.11 Å². The summed E-state index contributed by atoms with van der Waals surface area (Å²) in [7, 11) is 0. The Morgan fingerprint density at radius 2 is 2.15 bits per heavy atom. The van der Waals surface area contributed by atoms with Crippen LogP contribution in [0.4, 0.5) is 5.69 Å². The van der Waals surface area contributed by atoms with Gasteiger partial charge in [-0.25, -0.2) is 0 Å². The van der Waals surface area contributed by atoms with Crippen molar-refractivity contribution in [1.29, 1.82) is 0 Å². The van der Waals surface area contributed by atoms with Crippen LogP contribution >= 0.6 is 12.2 Å². The van der Waals surface area contributed by atoms with E-state index in [4.69, 9.17) is 18.0 Å². The number of hydrogen-bond acceptors (Lipinski definition) is 4. The molecule has 0 unspecified atom stereocenters. The van der Waals surface area contributed by atoms with Crippen LogP contribution in [0.2, 0.25) is 0 Å².